The molecule has 2 rings (SSSR count). The third-order valence-corrected chi connectivity index (χ3v) is 3.96. The number of anilines is 1. The molecule has 0 aromatic heterocycles. The molecule has 126 valence electrons. The quantitative estimate of drug-likeness (QED) is 0.790. The summed E-state index contributed by atoms with van der Waals surface area (Å²) in [5.41, 5.74) is 1.64. The number of carbonyl (C=O) groups is 2. The van der Waals surface area contributed by atoms with Crippen molar-refractivity contribution in [2.45, 2.75) is 6.92 Å². The highest BCUT2D eigenvalue weighted by Crippen LogP contribution is 2.19. The maximum Gasteiger partial charge on any atom is 0.258 e. The van der Waals surface area contributed by atoms with Crippen molar-refractivity contribution in [2.24, 2.45) is 0 Å². The molecular weight excluding hydrogens is 379 g/mol. The Labute approximate surface area is 147 Å². The van der Waals surface area contributed by atoms with E-state index in [2.05, 4.69) is 26.6 Å². The molecule has 2 N–H and O–H groups in total. The minimum Gasteiger partial charge on any atom is -0.484 e. The van der Waals surface area contributed by atoms with Crippen molar-refractivity contribution in [2.75, 3.05) is 18.5 Å². The topological polar surface area (TPSA) is 67.4 Å². The van der Waals surface area contributed by atoms with Crippen molar-refractivity contribution in [3.05, 3.63) is 58.3 Å². The molecule has 2 amide bonds. The lowest BCUT2D eigenvalue weighted by molar-refractivity contribution is -0.125. The molecule has 2 aromatic rings. The molecule has 7 heteroatoms. The van der Waals surface area contributed by atoms with Crippen molar-refractivity contribution < 1.29 is 18.7 Å². The fourth-order valence-corrected chi connectivity index (χ4v) is 2.08. The smallest absolute Gasteiger partial charge is 0.258 e. The van der Waals surface area contributed by atoms with E-state index in [4.69, 9.17) is 4.74 Å². The standard InChI is InChI=1S/C17H16BrFN2O3/c1-11-8-13(4-7-15(11)18)21-16(22)9-20-17(23)10-24-14-5-2-12(19)3-6-14/h2-8H,9-10H2,1H3,(H,20,23)(H,21,22). The molecule has 0 atom stereocenters. The van der Waals surface area contributed by atoms with Gasteiger partial charge in [-0.3, -0.25) is 9.59 Å². The Morgan fingerprint density at radius 2 is 1.83 bits per heavy atom. The van der Waals surface area contributed by atoms with Crippen LogP contribution in [0.4, 0.5) is 10.1 Å². The van der Waals surface area contributed by atoms with Crippen LogP contribution in [0.25, 0.3) is 0 Å². The van der Waals surface area contributed by atoms with Gasteiger partial charge in [0.2, 0.25) is 5.91 Å². The lowest BCUT2D eigenvalue weighted by atomic mass is 10.2. The monoisotopic (exact) mass is 394 g/mol. The molecule has 0 aliphatic carbocycles. The SMILES string of the molecule is Cc1cc(NC(=O)CNC(=O)COc2ccc(F)cc2)ccc1Br. The molecule has 2 aromatic carbocycles. The summed E-state index contributed by atoms with van der Waals surface area (Å²) in [5.74, 6) is -0.790. The number of carbonyl (C=O) groups excluding carboxylic acids is 2. The number of nitrogens with one attached hydrogen (secondary N) is 2. The van der Waals surface area contributed by atoms with E-state index in [1.54, 1.807) is 6.07 Å². The summed E-state index contributed by atoms with van der Waals surface area (Å²) in [7, 11) is 0. The van der Waals surface area contributed by atoms with Gasteiger partial charge in [-0.15, -0.1) is 0 Å². The van der Waals surface area contributed by atoms with Gasteiger partial charge in [-0.1, -0.05) is 15.9 Å². The van der Waals surface area contributed by atoms with Crippen LogP contribution in [0.2, 0.25) is 0 Å². The predicted molar refractivity (Wildman–Crippen MR) is 92.4 cm³/mol. The molecule has 0 bridgehead atoms. The second-order valence-electron chi connectivity index (χ2n) is 5.03. The Balaban J connectivity index is 1.73. The second kappa shape index (κ2) is 8.44. The number of ether oxygens (including phenoxy) is 1. The highest BCUT2D eigenvalue weighted by Gasteiger charge is 2.07. The third kappa shape index (κ3) is 5.66. The second-order valence-corrected chi connectivity index (χ2v) is 5.89. The van der Waals surface area contributed by atoms with Crippen LogP contribution in [-0.4, -0.2) is 25.0 Å². The summed E-state index contributed by atoms with van der Waals surface area (Å²) >= 11 is 3.38. The molecule has 0 spiro atoms. The number of amides is 2. The average molecular weight is 395 g/mol. The van der Waals surface area contributed by atoms with Crippen LogP contribution in [-0.2, 0) is 9.59 Å². The Hall–Kier alpha value is -2.41. The minimum atomic E-state index is -0.443. The molecule has 5 nitrogen and oxygen atoms in total. The lowest BCUT2D eigenvalue weighted by Crippen LogP contribution is -2.35. The minimum absolute atomic E-state index is 0.166. The van der Waals surface area contributed by atoms with Gasteiger partial charge < -0.3 is 15.4 Å². The third-order valence-electron chi connectivity index (χ3n) is 3.07. The van der Waals surface area contributed by atoms with E-state index in [1.165, 1.54) is 24.3 Å². The molecule has 0 radical (unpaired) electrons. The summed E-state index contributed by atoms with van der Waals surface area (Å²) in [4.78, 5) is 23.4. The normalized spacial score (nSPS) is 10.1. The average Bonchev–Trinajstić information content (AvgIpc) is 2.56. The fraction of sp³-hybridized carbons (Fsp3) is 0.176. The van der Waals surface area contributed by atoms with E-state index < -0.39 is 5.91 Å². The first-order chi connectivity index (χ1) is 11.4. The fourth-order valence-electron chi connectivity index (χ4n) is 1.84. The van der Waals surface area contributed by atoms with Crippen molar-refractivity contribution in [1.82, 2.24) is 5.32 Å². The van der Waals surface area contributed by atoms with Gasteiger partial charge in [0, 0.05) is 10.2 Å². The summed E-state index contributed by atoms with van der Waals surface area (Å²) in [6, 6.07) is 10.7. The van der Waals surface area contributed by atoms with Crippen molar-refractivity contribution in [3.63, 3.8) is 0 Å². The van der Waals surface area contributed by atoms with Crippen LogP contribution in [0.15, 0.2) is 46.9 Å². The first-order valence-corrected chi connectivity index (χ1v) is 7.94. The first kappa shape index (κ1) is 17.9. The molecule has 0 saturated carbocycles. The van der Waals surface area contributed by atoms with Crippen molar-refractivity contribution >= 4 is 33.4 Å². The number of hydrogen-bond donors (Lipinski definition) is 2. The van der Waals surface area contributed by atoms with Crippen LogP contribution >= 0.6 is 15.9 Å². The van der Waals surface area contributed by atoms with Crippen LogP contribution in [0, 0.1) is 12.7 Å². The number of rotatable bonds is 6. The summed E-state index contributed by atoms with van der Waals surface area (Å²) in [6.45, 7) is 1.49. The Bertz CT molecular complexity index is 735. The molecule has 0 unspecified atom stereocenters. The van der Waals surface area contributed by atoms with E-state index in [0.29, 0.717) is 11.4 Å². The van der Waals surface area contributed by atoms with Gasteiger partial charge in [0.15, 0.2) is 6.61 Å². The Kier molecular flexibility index (Phi) is 6.31. The van der Waals surface area contributed by atoms with Gasteiger partial charge in [-0.2, -0.15) is 0 Å². The first-order valence-electron chi connectivity index (χ1n) is 7.15. The maximum absolute atomic E-state index is 12.7. The number of aryl methyl sites for hydroxylation is 1. The van der Waals surface area contributed by atoms with Gasteiger partial charge in [0.05, 0.1) is 6.54 Å². The number of benzene rings is 2. The van der Waals surface area contributed by atoms with E-state index >= 15 is 0 Å². The summed E-state index contributed by atoms with van der Waals surface area (Å²) in [6.07, 6.45) is 0. The predicted octanol–water partition coefficient (Wildman–Crippen LogP) is 3.03. The Morgan fingerprint density at radius 3 is 2.50 bits per heavy atom. The van der Waals surface area contributed by atoms with Crippen LogP contribution < -0.4 is 15.4 Å². The van der Waals surface area contributed by atoms with Gasteiger partial charge in [0.25, 0.3) is 5.91 Å². The molecule has 0 aliphatic heterocycles. The Morgan fingerprint density at radius 1 is 1.12 bits per heavy atom. The number of hydrogen-bond acceptors (Lipinski definition) is 3. The van der Waals surface area contributed by atoms with Crippen LogP contribution in [0.5, 0.6) is 5.75 Å². The zero-order chi connectivity index (χ0) is 17.5. The largest absolute Gasteiger partial charge is 0.484 e. The van der Waals surface area contributed by atoms with Crippen LogP contribution in [0.1, 0.15) is 5.56 Å². The van der Waals surface area contributed by atoms with E-state index in [-0.39, 0.29) is 24.9 Å². The lowest BCUT2D eigenvalue weighted by Gasteiger charge is -2.09. The summed E-state index contributed by atoms with van der Waals surface area (Å²) < 4.78 is 18.9. The highest BCUT2D eigenvalue weighted by atomic mass is 79.9. The summed E-state index contributed by atoms with van der Waals surface area (Å²) in [5, 5.41) is 5.14. The molecule has 24 heavy (non-hydrogen) atoms. The van der Waals surface area contributed by atoms with Gasteiger partial charge >= 0.3 is 0 Å². The zero-order valence-electron chi connectivity index (χ0n) is 12.9. The maximum atomic E-state index is 12.7. The molecule has 0 fully saturated rings. The van der Waals surface area contributed by atoms with Gasteiger partial charge in [0.1, 0.15) is 11.6 Å². The van der Waals surface area contributed by atoms with Crippen molar-refractivity contribution in [1.29, 1.82) is 0 Å². The molecule has 0 heterocycles. The van der Waals surface area contributed by atoms with E-state index in [0.717, 1.165) is 10.0 Å². The van der Waals surface area contributed by atoms with Gasteiger partial charge in [-0.25, -0.2) is 4.39 Å². The molecule has 0 aliphatic rings. The zero-order valence-corrected chi connectivity index (χ0v) is 14.5. The number of halogens is 2. The van der Waals surface area contributed by atoms with Gasteiger partial charge in [-0.05, 0) is 55.0 Å². The highest BCUT2D eigenvalue weighted by molar-refractivity contribution is 9.10. The molecular formula is C17H16BrFN2O3. The van der Waals surface area contributed by atoms with E-state index in [9.17, 15) is 14.0 Å². The van der Waals surface area contributed by atoms with Crippen molar-refractivity contribution in [3.8, 4) is 5.75 Å². The van der Waals surface area contributed by atoms with Crippen LogP contribution in [0.3, 0.4) is 0 Å². The van der Waals surface area contributed by atoms with E-state index in [1.807, 2.05) is 19.1 Å². The molecule has 0 saturated heterocycles.